The van der Waals surface area contributed by atoms with Crippen LogP contribution in [0.3, 0.4) is 0 Å². The zero-order chi connectivity index (χ0) is 25.1. The molecule has 0 aliphatic rings. The summed E-state index contributed by atoms with van der Waals surface area (Å²) in [4.78, 5) is 13.3. The lowest BCUT2D eigenvalue weighted by Crippen LogP contribution is -2.13. The fraction of sp³-hybridized carbons (Fsp3) is 0.0741. The van der Waals surface area contributed by atoms with E-state index in [4.69, 9.17) is 0 Å². The molecule has 0 radical (unpaired) electrons. The lowest BCUT2D eigenvalue weighted by molar-refractivity contribution is 0.602. The standard InChI is InChI=1S/C27H24N6O2S/c1-18-8-10-21(11-9-18)31-25-17-26(30-19(2)29-25)32-22-12-14-23(15-13-22)33-36(34,35)24-7-3-5-20-6-4-16-28-27(20)24/h3-17,33H,1-2H3,(H2,29,30,31,32). The molecular weight excluding hydrogens is 472 g/mol. The molecule has 3 N–H and O–H groups in total. The summed E-state index contributed by atoms with van der Waals surface area (Å²) in [5, 5.41) is 7.30. The number of rotatable bonds is 7. The van der Waals surface area contributed by atoms with Gasteiger partial charge in [0.25, 0.3) is 10.0 Å². The Hall–Kier alpha value is -4.50. The second kappa shape index (κ2) is 9.63. The Morgan fingerprint density at radius 2 is 1.28 bits per heavy atom. The van der Waals surface area contributed by atoms with Gasteiger partial charge in [0.15, 0.2) is 0 Å². The highest BCUT2D eigenvalue weighted by molar-refractivity contribution is 7.93. The highest BCUT2D eigenvalue weighted by atomic mass is 32.2. The Balaban J connectivity index is 1.31. The number of hydrogen-bond donors (Lipinski definition) is 3. The van der Waals surface area contributed by atoms with Gasteiger partial charge in [-0.1, -0.05) is 35.9 Å². The van der Waals surface area contributed by atoms with Crippen LogP contribution in [0.1, 0.15) is 11.4 Å². The minimum Gasteiger partial charge on any atom is -0.340 e. The van der Waals surface area contributed by atoms with Crippen LogP contribution in [0.5, 0.6) is 0 Å². The predicted molar refractivity (Wildman–Crippen MR) is 144 cm³/mol. The molecule has 0 aliphatic carbocycles. The minimum atomic E-state index is -3.82. The molecule has 0 amide bonds. The van der Waals surface area contributed by atoms with E-state index in [1.807, 2.05) is 56.3 Å². The Kier molecular flexibility index (Phi) is 6.22. The molecule has 2 heterocycles. The Labute approximate surface area is 209 Å². The number of hydrogen-bond acceptors (Lipinski definition) is 7. The van der Waals surface area contributed by atoms with Crippen LogP contribution in [0.25, 0.3) is 10.9 Å². The first-order valence-electron chi connectivity index (χ1n) is 11.3. The van der Waals surface area contributed by atoms with E-state index in [1.165, 1.54) is 5.56 Å². The molecule has 9 heteroatoms. The van der Waals surface area contributed by atoms with Gasteiger partial charge in [-0.25, -0.2) is 18.4 Å². The average Bonchev–Trinajstić information content (AvgIpc) is 2.86. The SMILES string of the molecule is Cc1ccc(Nc2cc(Nc3ccc(NS(=O)(=O)c4cccc5cccnc45)cc3)nc(C)n2)cc1. The van der Waals surface area contributed by atoms with Crippen molar-refractivity contribution in [1.82, 2.24) is 15.0 Å². The highest BCUT2D eigenvalue weighted by Gasteiger charge is 2.18. The van der Waals surface area contributed by atoms with Crippen molar-refractivity contribution < 1.29 is 8.42 Å². The van der Waals surface area contributed by atoms with Gasteiger partial charge in [0.05, 0.1) is 5.52 Å². The molecule has 0 bridgehead atoms. The van der Waals surface area contributed by atoms with Gasteiger partial charge in [-0.05, 0) is 62.4 Å². The van der Waals surface area contributed by atoms with Crippen LogP contribution in [0.4, 0.5) is 28.7 Å². The molecule has 0 spiro atoms. The molecule has 0 fully saturated rings. The van der Waals surface area contributed by atoms with Crippen LogP contribution in [-0.2, 0) is 10.0 Å². The summed E-state index contributed by atoms with van der Waals surface area (Å²) in [6, 6.07) is 25.5. The number of anilines is 5. The van der Waals surface area contributed by atoms with Gasteiger partial charge in [0.2, 0.25) is 0 Å². The van der Waals surface area contributed by atoms with Crippen molar-refractivity contribution in [1.29, 1.82) is 0 Å². The number of fused-ring (bicyclic) bond motifs is 1. The number of nitrogens with one attached hydrogen (secondary N) is 3. The third-order valence-electron chi connectivity index (χ3n) is 5.46. The van der Waals surface area contributed by atoms with E-state index in [9.17, 15) is 8.42 Å². The topological polar surface area (TPSA) is 109 Å². The molecule has 5 aromatic rings. The van der Waals surface area contributed by atoms with Crippen molar-refractivity contribution in [2.24, 2.45) is 0 Å². The molecule has 180 valence electrons. The molecule has 0 aliphatic heterocycles. The van der Waals surface area contributed by atoms with E-state index in [0.717, 1.165) is 16.8 Å². The summed E-state index contributed by atoms with van der Waals surface area (Å²) in [5.74, 6) is 1.90. The fourth-order valence-corrected chi connectivity index (χ4v) is 4.99. The number of aryl methyl sites for hydroxylation is 2. The van der Waals surface area contributed by atoms with Crippen LogP contribution < -0.4 is 15.4 Å². The number of nitrogens with zero attached hydrogens (tertiary/aromatic N) is 3. The molecule has 0 atom stereocenters. The van der Waals surface area contributed by atoms with E-state index in [1.54, 1.807) is 48.7 Å². The summed E-state index contributed by atoms with van der Waals surface area (Å²) in [5.41, 5.74) is 3.74. The maximum atomic E-state index is 13.0. The van der Waals surface area contributed by atoms with Crippen molar-refractivity contribution in [3.63, 3.8) is 0 Å². The van der Waals surface area contributed by atoms with Crippen LogP contribution in [0.2, 0.25) is 0 Å². The molecule has 36 heavy (non-hydrogen) atoms. The fourth-order valence-electron chi connectivity index (χ4n) is 3.75. The van der Waals surface area contributed by atoms with E-state index >= 15 is 0 Å². The molecule has 0 saturated heterocycles. The maximum absolute atomic E-state index is 13.0. The summed E-state index contributed by atoms with van der Waals surface area (Å²) < 4.78 is 28.7. The Morgan fingerprint density at radius 3 is 1.94 bits per heavy atom. The Bertz CT molecular complexity index is 1630. The van der Waals surface area contributed by atoms with Gasteiger partial charge >= 0.3 is 0 Å². The van der Waals surface area contributed by atoms with Crippen molar-refractivity contribution in [3.8, 4) is 0 Å². The van der Waals surface area contributed by atoms with Crippen molar-refractivity contribution in [2.75, 3.05) is 15.4 Å². The molecule has 2 aromatic heterocycles. The van der Waals surface area contributed by atoms with Gasteiger partial charge in [-0.2, -0.15) is 0 Å². The van der Waals surface area contributed by atoms with E-state index in [-0.39, 0.29) is 4.90 Å². The molecular formula is C27H24N6O2S. The van der Waals surface area contributed by atoms with E-state index in [2.05, 4.69) is 30.3 Å². The number of pyridine rings is 1. The van der Waals surface area contributed by atoms with Gasteiger partial charge < -0.3 is 10.6 Å². The first-order valence-corrected chi connectivity index (χ1v) is 12.8. The number of para-hydroxylation sites is 1. The zero-order valence-corrected chi connectivity index (χ0v) is 20.5. The van der Waals surface area contributed by atoms with Crippen LogP contribution in [0.15, 0.2) is 96.0 Å². The maximum Gasteiger partial charge on any atom is 0.264 e. The first kappa shape index (κ1) is 23.3. The van der Waals surface area contributed by atoms with Gasteiger partial charge in [0.1, 0.15) is 22.4 Å². The lowest BCUT2D eigenvalue weighted by Gasteiger charge is -2.12. The molecule has 5 rings (SSSR count). The van der Waals surface area contributed by atoms with E-state index < -0.39 is 10.0 Å². The molecule has 0 saturated carbocycles. The quantitative estimate of drug-likeness (QED) is 0.256. The largest absolute Gasteiger partial charge is 0.340 e. The van der Waals surface area contributed by atoms with Crippen molar-refractivity contribution in [3.05, 3.63) is 103 Å². The minimum absolute atomic E-state index is 0.132. The number of benzene rings is 3. The highest BCUT2D eigenvalue weighted by Crippen LogP contribution is 2.25. The van der Waals surface area contributed by atoms with Crippen LogP contribution in [-0.4, -0.2) is 23.4 Å². The Morgan fingerprint density at radius 1 is 0.694 bits per heavy atom. The third kappa shape index (κ3) is 5.26. The molecule has 8 nitrogen and oxygen atoms in total. The van der Waals surface area contributed by atoms with Crippen LogP contribution in [0, 0.1) is 13.8 Å². The number of sulfonamides is 1. The smallest absolute Gasteiger partial charge is 0.264 e. The number of aromatic nitrogens is 3. The normalized spacial score (nSPS) is 11.3. The monoisotopic (exact) mass is 496 g/mol. The third-order valence-corrected chi connectivity index (χ3v) is 6.87. The summed E-state index contributed by atoms with van der Waals surface area (Å²) >= 11 is 0. The second-order valence-electron chi connectivity index (χ2n) is 8.32. The summed E-state index contributed by atoms with van der Waals surface area (Å²) in [6.45, 7) is 3.86. The second-order valence-corrected chi connectivity index (χ2v) is 9.97. The predicted octanol–water partition coefficient (Wildman–Crippen LogP) is 5.93. The molecule has 0 unspecified atom stereocenters. The van der Waals surface area contributed by atoms with Gasteiger partial charge in [0, 0.05) is 34.7 Å². The van der Waals surface area contributed by atoms with Crippen LogP contribution >= 0.6 is 0 Å². The first-order chi connectivity index (χ1) is 17.4. The van der Waals surface area contributed by atoms with E-state index in [0.29, 0.717) is 28.7 Å². The zero-order valence-electron chi connectivity index (χ0n) is 19.7. The van der Waals surface area contributed by atoms with Crippen molar-refractivity contribution in [2.45, 2.75) is 18.7 Å². The molecule has 3 aromatic carbocycles. The summed E-state index contributed by atoms with van der Waals surface area (Å²) in [7, 11) is -3.82. The van der Waals surface area contributed by atoms with Gasteiger partial charge in [-0.15, -0.1) is 0 Å². The summed E-state index contributed by atoms with van der Waals surface area (Å²) in [6.07, 6.45) is 1.58. The average molecular weight is 497 g/mol. The van der Waals surface area contributed by atoms with Gasteiger partial charge in [-0.3, -0.25) is 9.71 Å². The van der Waals surface area contributed by atoms with Crippen molar-refractivity contribution >= 4 is 49.6 Å². The lowest BCUT2D eigenvalue weighted by atomic mass is 10.2.